The molecule has 0 spiro atoms. The number of benzene rings is 1. The Labute approximate surface area is 124 Å². The van der Waals surface area contributed by atoms with E-state index in [2.05, 4.69) is 22.2 Å². The Kier molecular flexibility index (Phi) is 5.09. The van der Waals surface area contributed by atoms with Crippen molar-refractivity contribution in [1.29, 1.82) is 0 Å². The molecule has 21 heavy (non-hydrogen) atoms. The number of nitrogens with one attached hydrogen (secondary N) is 1. The van der Waals surface area contributed by atoms with Crippen LogP contribution in [0.5, 0.6) is 11.6 Å². The van der Waals surface area contributed by atoms with Gasteiger partial charge in [0.15, 0.2) is 11.6 Å². The first-order valence-electron chi connectivity index (χ1n) is 7.18. The Bertz CT molecular complexity index is 616. The molecule has 0 atom stereocenters. The zero-order chi connectivity index (χ0) is 15.2. The lowest BCUT2D eigenvalue weighted by Gasteiger charge is -2.14. The van der Waals surface area contributed by atoms with Gasteiger partial charge in [0.1, 0.15) is 12.1 Å². The highest BCUT2D eigenvalue weighted by Gasteiger charge is 2.14. The molecule has 1 N–H and O–H groups in total. The first kappa shape index (κ1) is 15.2. The summed E-state index contributed by atoms with van der Waals surface area (Å²) in [5.74, 6) is 0.971. The van der Waals surface area contributed by atoms with E-state index in [0.717, 1.165) is 24.3 Å². The number of aryl methyl sites for hydroxylation is 1. The molecule has 1 heterocycles. The van der Waals surface area contributed by atoms with E-state index in [1.54, 1.807) is 25.1 Å². The van der Waals surface area contributed by atoms with Gasteiger partial charge in [-0.1, -0.05) is 26.0 Å². The molecule has 0 aliphatic heterocycles. The molecule has 0 saturated carbocycles. The van der Waals surface area contributed by atoms with Crippen molar-refractivity contribution in [1.82, 2.24) is 9.97 Å². The predicted octanol–water partition coefficient (Wildman–Crippen LogP) is 4.10. The molecule has 0 saturated heterocycles. The molecule has 2 aromatic rings. The van der Waals surface area contributed by atoms with Gasteiger partial charge in [0.05, 0.1) is 5.56 Å². The number of nitrogens with zero attached hydrogens (tertiary/aromatic N) is 2. The average Bonchev–Trinajstić information content (AvgIpc) is 2.50. The predicted molar refractivity (Wildman–Crippen MR) is 81.4 cm³/mol. The maximum absolute atomic E-state index is 14.0. The Morgan fingerprint density at radius 2 is 2.05 bits per heavy atom. The highest BCUT2D eigenvalue weighted by Crippen LogP contribution is 2.29. The Balaban J connectivity index is 2.33. The number of ether oxygens (including phenoxy) is 1. The van der Waals surface area contributed by atoms with Crippen LogP contribution < -0.4 is 10.1 Å². The lowest BCUT2D eigenvalue weighted by Crippen LogP contribution is -2.07. The topological polar surface area (TPSA) is 47.0 Å². The second-order valence-electron chi connectivity index (χ2n) is 4.78. The molecule has 0 radical (unpaired) electrons. The van der Waals surface area contributed by atoms with Crippen LogP contribution in [0, 0.1) is 12.7 Å². The molecule has 1 aromatic carbocycles. The SMILES string of the molecule is CCCNc1ncnc(Oc2cccc(C)c2F)c1CC. The molecular weight excluding hydrogens is 269 g/mol. The molecule has 112 valence electrons. The standard InChI is InChI=1S/C16H20FN3O/c1-4-9-18-15-12(5-2)16(20-10-19-15)21-13-8-6-7-11(3)14(13)17/h6-8,10H,4-5,9H2,1-3H3,(H,18,19,20). The highest BCUT2D eigenvalue weighted by atomic mass is 19.1. The number of hydrogen-bond acceptors (Lipinski definition) is 4. The summed E-state index contributed by atoms with van der Waals surface area (Å²) in [6, 6.07) is 5.07. The number of hydrogen-bond donors (Lipinski definition) is 1. The Morgan fingerprint density at radius 3 is 2.76 bits per heavy atom. The minimum atomic E-state index is -0.360. The fourth-order valence-corrected chi connectivity index (χ4v) is 2.00. The van der Waals surface area contributed by atoms with Crippen molar-refractivity contribution >= 4 is 5.82 Å². The van der Waals surface area contributed by atoms with Crippen molar-refractivity contribution in [3.63, 3.8) is 0 Å². The summed E-state index contributed by atoms with van der Waals surface area (Å²) < 4.78 is 19.7. The van der Waals surface area contributed by atoms with Crippen molar-refractivity contribution in [2.24, 2.45) is 0 Å². The summed E-state index contributed by atoms with van der Waals surface area (Å²) in [6.07, 6.45) is 3.13. The van der Waals surface area contributed by atoms with Crippen molar-refractivity contribution in [2.75, 3.05) is 11.9 Å². The molecule has 0 aliphatic carbocycles. The average molecular weight is 289 g/mol. The maximum atomic E-state index is 14.0. The molecule has 0 fully saturated rings. The zero-order valence-corrected chi connectivity index (χ0v) is 12.6. The fraction of sp³-hybridized carbons (Fsp3) is 0.375. The third kappa shape index (κ3) is 3.48. The van der Waals surface area contributed by atoms with E-state index in [1.165, 1.54) is 6.33 Å². The van der Waals surface area contributed by atoms with Crippen molar-refractivity contribution in [3.8, 4) is 11.6 Å². The van der Waals surface area contributed by atoms with Crippen molar-refractivity contribution < 1.29 is 9.13 Å². The van der Waals surface area contributed by atoms with Gasteiger partial charge in [-0.25, -0.2) is 14.4 Å². The summed E-state index contributed by atoms with van der Waals surface area (Å²) in [7, 11) is 0. The van der Waals surface area contributed by atoms with E-state index in [-0.39, 0.29) is 11.6 Å². The molecule has 1 aromatic heterocycles. The van der Waals surface area contributed by atoms with E-state index in [4.69, 9.17) is 4.74 Å². The van der Waals surface area contributed by atoms with Crippen LogP contribution >= 0.6 is 0 Å². The molecule has 0 aliphatic rings. The number of rotatable bonds is 6. The Hall–Kier alpha value is -2.17. The molecule has 4 nitrogen and oxygen atoms in total. The molecule has 2 rings (SSSR count). The lowest BCUT2D eigenvalue weighted by molar-refractivity contribution is 0.420. The van der Waals surface area contributed by atoms with E-state index in [9.17, 15) is 4.39 Å². The van der Waals surface area contributed by atoms with Gasteiger partial charge < -0.3 is 10.1 Å². The normalized spacial score (nSPS) is 10.5. The van der Waals surface area contributed by atoms with Crippen LogP contribution in [0.1, 0.15) is 31.4 Å². The van der Waals surface area contributed by atoms with E-state index < -0.39 is 0 Å². The first-order valence-corrected chi connectivity index (χ1v) is 7.18. The fourth-order valence-electron chi connectivity index (χ4n) is 2.00. The van der Waals surface area contributed by atoms with E-state index in [0.29, 0.717) is 17.9 Å². The number of anilines is 1. The van der Waals surface area contributed by atoms with Crippen LogP contribution in [-0.2, 0) is 6.42 Å². The van der Waals surface area contributed by atoms with Crippen LogP contribution in [0.25, 0.3) is 0 Å². The highest BCUT2D eigenvalue weighted by molar-refractivity contribution is 5.50. The second kappa shape index (κ2) is 7.02. The van der Waals surface area contributed by atoms with Gasteiger partial charge in [0.2, 0.25) is 5.88 Å². The molecule has 0 amide bonds. The second-order valence-corrected chi connectivity index (χ2v) is 4.78. The summed E-state index contributed by atoms with van der Waals surface area (Å²) in [5, 5.41) is 3.24. The monoisotopic (exact) mass is 289 g/mol. The van der Waals surface area contributed by atoms with Crippen LogP contribution in [0.15, 0.2) is 24.5 Å². The number of aromatic nitrogens is 2. The van der Waals surface area contributed by atoms with E-state index >= 15 is 0 Å². The molecule has 0 unspecified atom stereocenters. The zero-order valence-electron chi connectivity index (χ0n) is 12.6. The third-order valence-electron chi connectivity index (χ3n) is 3.16. The first-order chi connectivity index (χ1) is 10.2. The minimum Gasteiger partial charge on any atom is -0.435 e. The van der Waals surface area contributed by atoms with Gasteiger partial charge in [0.25, 0.3) is 0 Å². The van der Waals surface area contributed by atoms with Gasteiger partial charge >= 0.3 is 0 Å². The summed E-state index contributed by atoms with van der Waals surface area (Å²) >= 11 is 0. The largest absolute Gasteiger partial charge is 0.435 e. The summed E-state index contributed by atoms with van der Waals surface area (Å²) in [4.78, 5) is 8.38. The van der Waals surface area contributed by atoms with Gasteiger partial charge in [-0.15, -0.1) is 0 Å². The van der Waals surface area contributed by atoms with Gasteiger partial charge in [0, 0.05) is 6.54 Å². The van der Waals surface area contributed by atoms with Gasteiger partial charge in [-0.3, -0.25) is 0 Å². The smallest absolute Gasteiger partial charge is 0.227 e. The molecule has 5 heteroatoms. The van der Waals surface area contributed by atoms with E-state index in [1.807, 2.05) is 6.92 Å². The third-order valence-corrected chi connectivity index (χ3v) is 3.16. The lowest BCUT2D eigenvalue weighted by atomic mass is 10.2. The summed E-state index contributed by atoms with van der Waals surface area (Å²) in [5.41, 5.74) is 1.40. The van der Waals surface area contributed by atoms with Crippen LogP contribution in [0.4, 0.5) is 10.2 Å². The molecular formula is C16H20FN3O. The minimum absolute atomic E-state index is 0.185. The van der Waals surface area contributed by atoms with Gasteiger partial charge in [-0.05, 0) is 31.4 Å². The molecule has 0 bridgehead atoms. The van der Waals surface area contributed by atoms with Crippen molar-refractivity contribution in [2.45, 2.75) is 33.6 Å². The quantitative estimate of drug-likeness (QED) is 0.869. The maximum Gasteiger partial charge on any atom is 0.227 e. The number of halogens is 1. The van der Waals surface area contributed by atoms with Crippen LogP contribution in [0.2, 0.25) is 0 Å². The van der Waals surface area contributed by atoms with Crippen LogP contribution in [0.3, 0.4) is 0 Å². The summed E-state index contributed by atoms with van der Waals surface area (Å²) in [6.45, 7) is 6.61. The van der Waals surface area contributed by atoms with Crippen LogP contribution in [-0.4, -0.2) is 16.5 Å². The van der Waals surface area contributed by atoms with Crippen molar-refractivity contribution in [3.05, 3.63) is 41.5 Å². The Morgan fingerprint density at radius 1 is 1.24 bits per heavy atom. The van der Waals surface area contributed by atoms with Gasteiger partial charge in [-0.2, -0.15) is 0 Å².